The number of fused-ring (bicyclic) bond motifs is 2. The molecular weight excluding hydrogens is 234 g/mol. The van der Waals surface area contributed by atoms with Crippen LogP contribution in [-0.4, -0.2) is 9.97 Å². The summed E-state index contributed by atoms with van der Waals surface area (Å²) < 4.78 is 0. The molecule has 1 aromatic carbocycles. The number of benzene rings is 1. The molecule has 0 unspecified atom stereocenters. The average molecular weight is 245 g/mol. The Morgan fingerprint density at radius 2 is 1.94 bits per heavy atom. The van der Waals surface area contributed by atoms with Crippen molar-refractivity contribution in [2.45, 2.75) is 23.6 Å². The van der Waals surface area contributed by atoms with Crippen molar-refractivity contribution >= 4 is 23.3 Å². The van der Waals surface area contributed by atoms with Crippen molar-refractivity contribution in [3.05, 3.63) is 39.9 Å². The van der Waals surface area contributed by atoms with Crippen LogP contribution < -0.4 is 11.0 Å². The number of anilines is 2. The fraction of sp³-hybridized carbons (Fsp3) is 0.167. The van der Waals surface area contributed by atoms with E-state index in [0.717, 1.165) is 21.3 Å². The molecule has 1 aromatic heterocycles. The molecule has 2 aromatic rings. The molecule has 1 aliphatic rings. The van der Waals surface area contributed by atoms with Gasteiger partial charge in [-0.2, -0.15) is 0 Å². The molecule has 0 radical (unpaired) electrons. The third kappa shape index (κ3) is 1.72. The zero-order valence-electron chi connectivity index (χ0n) is 9.50. The van der Waals surface area contributed by atoms with Gasteiger partial charge in [0, 0.05) is 4.90 Å². The molecule has 0 amide bonds. The Morgan fingerprint density at radius 1 is 1.18 bits per heavy atom. The molecule has 86 valence electrons. The highest BCUT2D eigenvalue weighted by molar-refractivity contribution is 7.99. The van der Waals surface area contributed by atoms with Gasteiger partial charge in [-0.05, 0) is 37.1 Å². The van der Waals surface area contributed by atoms with Gasteiger partial charge in [0.05, 0.1) is 16.8 Å². The lowest BCUT2D eigenvalue weighted by Gasteiger charge is -2.20. The van der Waals surface area contributed by atoms with Crippen molar-refractivity contribution in [1.82, 2.24) is 9.97 Å². The molecule has 0 saturated carbocycles. The summed E-state index contributed by atoms with van der Waals surface area (Å²) in [5, 5.41) is 3.23. The van der Waals surface area contributed by atoms with Crippen LogP contribution in [0.5, 0.6) is 0 Å². The van der Waals surface area contributed by atoms with Crippen LogP contribution in [0, 0.1) is 13.8 Å². The Bertz CT molecular complexity index is 663. The van der Waals surface area contributed by atoms with Gasteiger partial charge in [-0.1, -0.05) is 11.8 Å². The summed E-state index contributed by atoms with van der Waals surface area (Å²) in [4.78, 5) is 19.7. The third-order valence-corrected chi connectivity index (χ3v) is 3.94. The number of aryl methyl sites for hydroxylation is 2. The highest BCUT2D eigenvalue weighted by Gasteiger charge is 2.17. The van der Waals surface area contributed by atoms with Gasteiger partial charge in [-0.15, -0.1) is 0 Å². The van der Waals surface area contributed by atoms with Crippen LogP contribution in [0.1, 0.15) is 11.1 Å². The summed E-state index contributed by atoms with van der Waals surface area (Å²) in [6, 6.07) is 4.25. The smallest absolute Gasteiger partial charge is 0.340 e. The molecule has 2 N–H and O–H groups in total. The van der Waals surface area contributed by atoms with Crippen molar-refractivity contribution in [1.29, 1.82) is 0 Å². The summed E-state index contributed by atoms with van der Waals surface area (Å²) in [7, 11) is 0. The number of aromatic amines is 1. The van der Waals surface area contributed by atoms with Gasteiger partial charge in [0.25, 0.3) is 0 Å². The van der Waals surface area contributed by atoms with Crippen LogP contribution in [0.2, 0.25) is 0 Å². The quantitative estimate of drug-likeness (QED) is 0.639. The van der Waals surface area contributed by atoms with Gasteiger partial charge in [0.1, 0.15) is 5.82 Å². The summed E-state index contributed by atoms with van der Waals surface area (Å²) in [5.74, 6) is 0.728. The van der Waals surface area contributed by atoms with E-state index >= 15 is 0 Å². The molecule has 1 aliphatic heterocycles. The fourth-order valence-corrected chi connectivity index (χ4v) is 2.78. The minimum atomic E-state index is -0.330. The molecule has 4 nitrogen and oxygen atoms in total. The average Bonchev–Trinajstić information content (AvgIpc) is 2.28. The molecule has 0 aliphatic carbocycles. The van der Waals surface area contributed by atoms with Crippen LogP contribution in [-0.2, 0) is 0 Å². The maximum Gasteiger partial charge on any atom is 0.346 e. The number of nitrogens with zero attached hydrogens (tertiary/aromatic N) is 1. The van der Waals surface area contributed by atoms with Crippen molar-refractivity contribution in [2.75, 3.05) is 5.32 Å². The zero-order chi connectivity index (χ0) is 12.0. The molecule has 0 saturated heterocycles. The predicted molar refractivity (Wildman–Crippen MR) is 68.2 cm³/mol. The van der Waals surface area contributed by atoms with Crippen LogP contribution in [0.25, 0.3) is 0 Å². The Hall–Kier alpha value is -1.75. The Labute approximate surface area is 102 Å². The summed E-state index contributed by atoms with van der Waals surface area (Å²) >= 11 is 1.62. The van der Waals surface area contributed by atoms with Crippen LogP contribution >= 0.6 is 11.8 Å². The number of rotatable bonds is 0. The van der Waals surface area contributed by atoms with Gasteiger partial charge in [0.2, 0.25) is 0 Å². The van der Waals surface area contributed by atoms with E-state index in [2.05, 4.69) is 41.3 Å². The highest BCUT2D eigenvalue weighted by Crippen LogP contribution is 2.43. The molecule has 0 bridgehead atoms. The lowest BCUT2D eigenvalue weighted by molar-refractivity contribution is 1.02. The molecule has 3 rings (SSSR count). The molecule has 0 atom stereocenters. The minimum Gasteiger partial charge on any atom is -0.340 e. The first-order valence-electron chi connectivity index (χ1n) is 5.29. The summed E-state index contributed by atoms with van der Waals surface area (Å²) in [5.41, 5.74) is 3.20. The van der Waals surface area contributed by atoms with Gasteiger partial charge < -0.3 is 5.32 Å². The summed E-state index contributed by atoms with van der Waals surface area (Å²) in [6.45, 7) is 4.17. The van der Waals surface area contributed by atoms with E-state index in [9.17, 15) is 4.79 Å². The Balaban J connectivity index is 2.14. The number of H-pyrrole nitrogens is 1. The molecule has 5 heteroatoms. The summed E-state index contributed by atoms with van der Waals surface area (Å²) in [6.07, 6.45) is 1.60. The normalized spacial score (nSPS) is 12.6. The molecule has 0 fully saturated rings. The maximum absolute atomic E-state index is 11.2. The number of aromatic nitrogens is 2. The van der Waals surface area contributed by atoms with Gasteiger partial charge in [-0.3, -0.25) is 4.98 Å². The maximum atomic E-state index is 11.2. The van der Waals surface area contributed by atoms with Crippen LogP contribution in [0.4, 0.5) is 11.5 Å². The zero-order valence-corrected chi connectivity index (χ0v) is 10.3. The first-order chi connectivity index (χ1) is 8.13. The topological polar surface area (TPSA) is 57.8 Å². The van der Waals surface area contributed by atoms with Crippen LogP contribution in [0.15, 0.2) is 32.9 Å². The SMILES string of the molecule is Cc1cc2c(cc1C)Sc1cnc(=O)[nH]c1N2. The third-order valence-electron chi connectivity index (χ3n) is 2.85. The van der Waals surface area contributed by atoms with Crippen molar-refractivity contribution < 1.29 is 0 Å². The largest absolute Gasteiger partial charge is 0.346 e. The Kier molecular flexibility index (Phi) is 2.22. The van der Waals surface area contributed by atoms with E-state index in [0.29, 0.717) is 0 Å². The van der Waals surface area contributed by atoms with E-state index in [-0.39, 0.29) is 5.69 Å². The monoisotopic (exact) mass is 245 g/mol. The van der Waals surface area contributed by atoms with E-state index in [4.69, 9.17) is 0 Å². The second-order valence-corrected chi connectivity index (χ2v) is 5.17. The second kappa shape index (κ2) is 3.63. The Morgan fingerprint density at radius 3 is 2.76 bits per heavy atom. The fourth-order valence-electron chi connectivity index (χ4n) is 1.78. The van der Waals surface area contributed by atoms with Crippen LogP contribution in [0.3, 0.4) is 0 Å². The second-order valence-electron chi connectivity index (χ2n) is 4.09. The van der Waals surface area contributed by atoms with Crippen molar-refractivity contribution in [3.8, 4) is 0 Å². The first kappa shape index (κ1) is 10.4. The molecule has 2 heterocycles. The van der Waals surface area contributed by atoms with Gasteiger partial charge >= 0.3 is 5.69 Å². The highest BCUT2D eigenvalue weighted by atomic mass is 32.2. The molecule has 17 heavy (non-hydrogen) atoms. The predicted octanol–water partition coefficient (Wildman–Crippen LogP) is 2.59. The van der Waals surface area contributed by atoms with E-state index in [1.54, 1.807) is 18.0 Å². The van der Waals surface area contributed by atoms with E-state index < -0.39 is 0 Å². The number of nitrogens with one attached hydrogen (secondary N) is 2. The standard InChI is InChI=1S/C12H11N3OS/c1-6-3-8-9(4-7(6)2)17-10-5-13-12(16)15-11(10)14-8/h3-5H,1-2H3,(H2,13,14,15,16). The van der Waals surface area contributed by atoms with E-state index in [1.807, 2.05) is 0 Å². The van der Waals surface area contributed by atoms with E-state index in [1.165, 1.54) is 11.1 Å². The number of hydrogen-bond acceptors (Lipinski definition) is 4. The van der Waals surface area contributed by atoms with Crippen molar-refractivity contribution in [2.24, 2.45) is 0 Å². The van der Waals surface area contributed by atoms with Gasteiger partial charge in [-0.25, -0.2) is 9.78 Å². The first-order valence-corrected chi connectivity index (χ1v) is 6.10. The van der Waals surface area contributed by atoms with Crippen molar-refractivity contribution in [3.63, 3.8) is 0 Å². The minimum absolute atomic E-state index is 0.330. The molecule has 0 spiro atoms. The lowest BCUT2D eigenvalue weighted by Crippen LogP contribution is -2.14. The lowest BCUT2D eigenvalue weighted by atomic mass is 10.1. The van der Waals surface area contributed by atoms with Gasteiger partial charge in [0.15, 0.2) is 0 Å². The number of hydrogen-bond donors (Lipinski definition) is 2. The molecular formula is C12H11N3OS.